The molecule has 0 bridgehead atoms. The number of pyridine rings is 2. The number of nitrogens with zero attached hydrogens (tertiary/aromatic N) is 2. The summed E-state index contributed by atoms with van der Waals surface area (Å²) in [6.07, 6.45) is 0. The molecule has 0 aromatic carbocycles. The number of aliphatic hydroxyl groups excluding tert-OH is 1. The van der Waals surface area contributed by atoms with Crippen LogP contribution in [0.1, 0.15) is 25.2 Å². The summed E-state index contributed by atoms with van der Waals surface area (Å²) in [7, 11) is 0. The molecule has 0 unspecified atom stereocenters. The highest BCUT2D eigenvalue weighted by Gasteiger charge is 1.99. The van der Waals surface area contributed by atoms with Gasteiger partial charge in [-0.05, 0) is 97.1 Å². The SMILES string of the molecule is CCO.CCOc1ccc(C)nc1I.Cc1ccc(O)c(I)n1. The number of hydrogen-bond donors (Lipinski definition) is 2. The Morgan fingerprint density at radius 1 is 0.957 bits per heavy atom. The lowest BCUT2D eigenvalue weighted by molar-refractivity contribution is 0.318. The van der Waals surface area contributed by atoms with Gasteiger partial charge in [-0.25, -0.2) is 9.97 Å². The first kappa shape index (κ1) is 22.3. The van der Waals surface area contributed by atoms with Crippen molar-refractivity contribution in [2.24, 2.45) is 0 Å². The highest BCUT2D eigenvalue weighted by Crippen LogP contribution is 2.18. The Labute approximate surface area is 164 Å². The summed E-state index contributed by atoms with van der Waals surface area (Å²) in [5.74, 6) is 1.12. The van der Waals surface area contributed by atoms with Gasteiger partial charge in [0.05, 0.1) is 6.61 Å². The second-order valence-corrected chi connectivity index (χ2v) is 6.30. The quantitative estimate of drug-likeness (QED) is 0.441. The van der Waals surface area contributed by atoms with Gasteiger partial charge in [0.2, 0.25) is 0 Å². The molecule has 7 heteroatoms. The van der Waals surface area contributed by atoms with Gasteiger partial charge in [0.25, 0.3) is 0 Å². The van der Waals surface area contributed by atoms with Crippen LogP contribution in [0.2, 0.25) is 0 Å². The molecule has 0 aliphatic heterocycles. The van der Waals surface area contributed by atoms with Crippen LogP contribution in [0.3, 0.4) is 0 Å². The van der Waals surface area contributed by atoms with E-state index in [1.165, 1.54) is 0 Å². The van der Waals surface area contributed by atoms with Crippen molar-refractivity contribution in [2.45, 2.75) is 27.7 Å². The van der Waals surface area contributed by atoms with Crippen LogP contribution in [0.5, 0.6) is 11.5 Å². The summed E-state index contributed by atoms with van der Waals surface area (Å²) in [4.78, 5) is 8.26. The highest BCUT2D eigenvalue weighted by atomic mass is 127. The molecular formula is C16H22I2N2O3. The Kier molecular flexibility index (Phi) is 12.3. The minimum Gasteiger partial charge on any atom is -0.505 e. The molecule has 23 heavy (non-hydrogen) atoms. The van der Waals surface area contributed by atoms with Crippen LogP contribution in [0.4, 0.5) is 0 Å². The van der Waals surface area contributed by atoms with Gasteiger partial charge in [-0.15, -0.1) is 0 Å². The number of aromatic nitrogens is 2. The average molecular weight is 544 g/mol. The van der Waals surface area contributed by atoms with Crippen molar-refractivity contribution >= 4 is 45.2 Å². The van der Waals surface area contributed by atoms with Crippen LogP contribution in [0, 0.1) is 21.2 Å². The molecule has 0 saturated carbocycles. The molecule has 2 heterocycles. The van der Waals surface area contributed by atoms with E-state index in [0.717, 1.165) is 20.8 Å². The van der Waals surface area contributed by atoms with Gasteiger partial charge in [0.15, 0.2) is 5.75 Å². The lowest BCUT2D eigenvalue weighted by Gasteiger charge is -2.04. The molecule has 0 saturated heterocycles. The van der Waals surface area contributed by atoms with Crippen LogP contribution in [0.15, 0.2) is 24.3 Å². The van der Waals surface area contributed by atoms with Crippen molar-refractivity contribution in [2.75, 3.05) is 13.2 Å². The maximum atomic E-state index is 8.97. The van der Waals surface area contributed by atoms with E-state index < -0.39 is 0 Å². The molecule has 0 atom stereocenters. The summed E-state index contributed by atoms with van der Waals surface area (Å²) in [6.45, 7) is 8.45. The molecule has 2 rings (SSSR count). The van der Waals surface area contributed by atoms with Crippen LogP contribution < -0.4 is 4.74 Å². The van der Waals surface area contributed by atoms with E-state index in [-0.39, 0.29) is 12.4 Å². The minimum absolute atomic E-state index is 0.250. The fourth-order valence-corrected chi connectivity index (χ4v) is 2.57. The zero-order chi connectivity index (χ0) is 17.8. The minimum atomic E-state index is 0.250. The van der Waals surface area contributed by atoms with Gasteiger partial charge < -0.3 is 14.9 Å². The van der Waals surface area contributed by atoms with E-state index in [9.17, 15) is 0 Å². The third kappa shape index (κ3) is 9.92. The number of aryl methyl sites for hydroxylation is 2. The Balaban J connectivity index is 0.000000365. The number of hydrogen-bond acceptors (Lipinski definition) is 5. The topological polar surface area (TPSA) is 75.5 Å². The molecular weight excluding hydrogens is 522 g/mol. The highest BCUT2D eigenvalue weighted by molar-refractivity contribution is 14.1. The van der Waals surface area contributed by atoms with Crippen LogP contribution in [-0.2, 0) is 0 Å². The van der Waals surface area contributed by atoms with Gasteiger partial charge in [0.1, 0.15) is 13.2 Å². The van der Waals surface area contributed by atoms with Crippen molar-refractivity contribution < 1.29 is 14.9 Å². The van der Waals surface area contributed by atoms with Crippen molar-refractivity contribution in [3.05, 3.63) is 43.1 Å². The summed E-state index contributed by atoms with van der Waals surface area (Å²) >= 11 is 4.16. The van der Waals surface area contributed by atoms with Gasteiger partial charge in [-0.3, -0.25) is 0 Å². The van der Waals surface area contributed by atoms with E-state index in [1.54, 1.807) is 19.1 Å². The van der Waals surface area contributed by atoms with Gasteiger partial charge in [-0.2, -0.15) is 0 Å². The maximum Gasteiger partial charge on any atom is 0.151 e. The van der Waals surface area contributed by atoms with E-state index in [4.69, 9.17) is 14.9 Å². The van der Waals surface area contributed by atoms with E-state index in [0.29, 0.717) is 10.3 Å². The molecule has 0 spiro atoms. The molecule has 5 nitrogen and oxygen atoms in total. The third-order valence-corrected chi connectivity index (χ3v) is 3.79. The molecule has 0 radical (unpaired) electrons. The summed E-state index contributed by atoms with van der Waals surface area (Å²) in [6, 6.07) is 7.32. The first-order chi connectivity index (χ1) is 10.8. The fourth-order valence-electron chi connectivity index (χ4n) is 1.29. The largest absolute Gasteiger partial charge is 0.505 e. The van der Waals surface area contributed by atoms with Crippen molar-refractivity contribution in [3.8, 4) is 11.5 Å². The first-order valence-corrected chi connectivity index (χ1v) is 9.20. The first-order valence-electron chi connectivity index (χ1n) is 7.04. The normalized spacial score (nSPS) is 9.17. The zero-order valence-electron chi connectivity index (χ0n) is 13.7. The number of halogens is 2. The fraction of sp³-hybridized carbons (Fsp3) is 0.375. The van der Waals surface area contributed by atoms with Crippen molar-refractivity contribution in [1.82, 2.24) is 9.97 Å². The zero-order valence-corrected chi connectivity index (χ0v) is 18.0. The van der Waals surface area contributed by atoms with E-state index in [1.807, 2.05) is 55.5 Å². The second kappa shape index (κ2) is 12.7. The van der Waals surface area contributed by atoms with Crippen molar-refractivity contribution in [1.29, 1.82) is 0 Å². The van der Waals surface area contributed by atoms with Gasteiger partial charge in [-0.1, -0.05) is 0 Å². The predicted octanol–water partition coefficient (Wildman–Crippen LogP) is 4.09. The smallest absolute Gasteiger partial charge is 0.151 e. The molecule has 2 aromatic heterocycles. The molecule has 0 fully saturated rings. The van der Waals surface area contributed by atoms with Crippen LogP contribution in [-0.4, -0.2) is 33.4 Å². The maximum absolute atomic E-state index is 8.97. The monoisotopic (exact) mass is 544 g/mol. The Morgan fingerprint density at radius 3 is 1.83 bits per heavy atom. The number of aromatic hydroxyl groups is 1. The molecule has 2 N–H and O–H groups in total. The molecule has 0 aliphatic carbocycles. The molecule has 128 valence electrons. The second-order valence-electron chi connectivity index (χ2n) is 4.25. The summed E-state index contributed by atoms with van der Waals surface area (Å²) in [5, 5.41) is 16.5. The van der Waals surface area contributed by atoms with E-state index in [2.05, 4.69) is 32.6 Å². The average Bonchev–Trinajstić information content (AvgIpc) is 2.48. The van der Waals surface area contributed by atoms with Crippen molar-refractivity contribution in [3.63, 3.8) is 0 Å². The lowest BCUT2D eigenvalue weighted by atomic mass is 10.4. The Bertz CT molecular complexity index is 596. The molecule has 0 aliphatic rings. The van der Waals surface area contributed by atoms with Gasteiger partial charge >= 0.3 is 0 Å². The third-order valence-electron chi connectivity index (χ3n) is 2.22. The van der Waals surface area contributed by atoms with E-state index >= 15 is 0 Å². The number of rotatable bonds is 2. The number of ether oxygens (including phenoxy) is 1. The lowest BCUT2D eigenvalue weighted by Crippen LogP contribution is -1.96. The molecule has 0 amide bonds. The molecule has 2 aromatic rings. The van der Waals surface area contributed by atoms with Crippen LogP contribution in [0.25, 0.3) is 0 Å². The van der Waals surface area contributed by atoms with Gasteiger partial charge in [0, 0.05) is 18.0 Å². The summed E-state index contributed by atoms with van der Waals surface area (Å²) < 4.78 is 6.92. The van der Waals surface area contributed by atoms with Crippen LogP contribution >= 0.6 is 45.2 Å². The summed E-state index contributed by atoms with van der Waals surface area (Å²) in [5.41, 5.74) is 1.95. The number of aliphatic hydroxyl groups is 1. The Hall–Kier alpha value is -0.680. The predicted molar refractivity (Wildman–Crippen MR) is 109 cm³/mol. The Morgan fingerprint density at radius 2 is 1.43 bits per heavy atom. The standard InChI is InChI=1S/C8H10INO.C6H6INO.C2H6O/c1-3-11-7-5-4-6(2)10-8(7)9;1-4-2-3-5(9)6(7)8-4;1-2-3/h4-5H,3H2,1-2H3;2-3,9H,1H3;3H,2H2,1H3.